The molecule has 0 unspecified atom stereocenters. The highest BCUT2D eigenvalue weighted by Gasteiger charge is 2.43. The van der Waals surface area contributed by atoms with Crippen LogP contribution in [-0.2, 0) is 34.8 Å². The number of hydrogen-bond acceptors (Lipinski definition) is 6. The molecule has 0 amide bonds. The van der Waals surface area contributed by atoms with E-state index in [-0.39, 0.29) is 41.3 Å². The Kier molecular flexibility index (Phi) is 14.8. The molecule has 0 radical (unpaired) electrons. The second-order valence-corrected chi connectivity index (χ2v) is 26.4. The number of aldehydes is 1. The molecule has 0 N–H and O–H groups in total. The Labute approximate surface area is 270 Å². The number of benzene rings is 1. The van der Waals surface area contributed by atoms with Gasteiger partial charge >= 0.3 is 5.97 Å². The molecular weight excluding hydrogens is 585 g/mol. The van der Waals surface area contributed by atoms with Gasteiger partial charge in [0.25, 0.3) is 0 Å². The molecule has 0 spiro atoms. The normalized spacial score (nSPS) is 20.7. The quantitative estimate of drug-likeness (QED) is 0.0728. The number of carbonyl (C=O) groups excluding carboxylic acids is 2. The third-order valence-corrected chi connectivity index (χ3v) is 15.7. The van der Waals surface area contributed by atoms with Gasteiger partial charge in [-0.3, -0.25) is 9.59 Å². The summed E-state index contributed by atoms with van der Waals surface area (Å²) in [6, 6.07) is 11.2. The first-order valence-corrected chi connectivity index (χ1v) is 23.3. The van der Waals surface area contributed by atoms with Crippen LogP contribution >= 0.6 is 0 Å². The fourth-order valence-electron chi connectivity index (χ4n) is 5.21. The van der Waals surface area contributed by atoms with Crippen molar-refractivity contribution in [1.82, 2.24) is 0 Å². The Morgan fingerprint density at radius 2 is 1.70 bits per heavy atom. The summed E-state index contributed by atoms with van der Waals surface area (Å²) >= 11 is 0. The summed E-state index contributed by atoms with van der Waals surface area (Å²) in [5, 5.41) is 0.0503. The molecule has 0 bridgehead atoms. The Morgan fingerprint density at radius 3 is 2.30 bits per heavy atom. The highest BCUT2D eigenvalue weighted by atomic mass is 28.4. The molecule has 1 aromatic rings. The topological polar surface area (TPSA) is 71.1 Å². The number of carbonyl (C=O) groups is 2. The fourth-order valence-corrected chi connectivity index (χ4v) is 7.35. The average Bonchev–Trinajstić information content (AvgIpc) is 2.93. The Balaban J connectivity index is 2.24. The van der Waals surface area contributed by atoms with Crippen molar-refractivity contribution < 1.29 is 28.2 Å². The van der Waals surface area contributed by atoms with E-state index in [1.807, 2.05) is 38.1 Å². The number of ether oxygens (including phenoxy) is 3. The van der Waals surface area contributed by atoms with E-state index in [0.29, 0.717) is 26.1 Å². The van der Waals surface area contributed by atoms with Gasteiger partial charge in [-0.1, -0.05) is 83.7 Å². The summed E-state index contributed by atoms with van der Waals surface area (Å²) in [6.07, 6.45) is 8.06. The molecule has 1 aliphatic rings. The van der Waals surface area contributed by atoms with Crippen molar-refractivity contribution in [3.8, 4) is 0 Å². The van der Waals surface area contributed by atoms with E-state index in [0.717, 1.165) is 37.2 Å². The van der Waals surface area contributed by atoms with E-state index in [1.54, 1.807) is 6.08 Å². The third kappa shape index (κ3) is 12.7. The largest absolute Gasteiger partial charge is 0.466 e. The van der Waals surface area contributed by atoms with Gasteiger partial charge in [-0.05, 0) is 87.7 Å². The van der Waals surface area contributed by atoms with Gasteiger partial charge < -0.3 is 18.6 Å². The zero-order valence-corrected chi connectivity index (χ0v) is 31.6. The van der Waals surface area contributed by atoms with Crippen molar-refractivity contribution >= 4 is 28.6 Å². The van der Waals surface area contributed by atoms with Crippen molar-refractivity contribution in [2.45, 2.75) is 148 Å². The molecule has 0 aliphatic carbocycles. The first-order valence-electron chi connectivity index (χ1n) is 16.6. The van der Waals surface area contributed by atoms with Crippen LogP contribution in [0.5, 0.6) is 0 Å². The zero-order valence-electron chi connectivity index (χ0n) is 29.6. The van der Waals surface area contributed by atoms with Crippen molar-refractivity contribution in [2.24, 2.45) is 11.3 Å². The number of hydrogen-bond donors (Lipinski definition) is 0. The maximum atomic E-state index is 13.2. The van der Waals surface area contributed by atoms with Crippen molar-refractivity contribution in [3.63, 3.8) is 0 Å². The summed E-state index contributed by atoms with van der Waals surface area (Å²) in [5.74, 6) is -0.126. The van der Waals surface area contributed by atoms with Gasteiger partial charge in [-0.2, -0.15) is 0 Å². The monoisotopic (exact) mass is 646 g/mol. The van der Waals surface area contributed by atoms with Crippen molar-refractivity contribution in [1.29, 1.82) is 0 Å². The molecule has 0 aromatic heterocycles. The van der Waals surface area contributed by atoms with Gasteiger partial charge in [-0.15, -0.1) is 0 Å². The maximum absolute atomic E-state index is 13.2. The molecule has 1 heterocycles. The molecule has 0 saturated carbocycles. The Hall–Kier alpha value is -1.59. The van der Waals surface area contributed by atoms with E-state index in [9.17, 15) is 9.59 Å². The van der Waals surface area contributed by atoms with Crippen LogP contribution in [0.15, 0.2) is 42.5 Å². The second kappa shape index (κ2) is 16.8. The second-order valence-electron chi connectivity index (χ2n) is 16.0. The molecule has 8 heteroatoms. The molecule has 1 saturated heterocycles. The van der Waals surface area contributed by atoms with Crippen LogP contribution in [0, 0.1) is 11.3 Å². The number of esters is 1. The van der Waals surface area contributed by atoms with Gasteiger partial charge in [0, 0.05) is 8.07 Å². The van der Waals surface area contributed by atoms with Gasteiger partial charge in [-0.25, -0.2) is 0 Å². The summed E-state index contributed by atoms with van der Waals surface area (Å²) in [4.78, 5) is 24.4. The van der Waals surface area contributed by atoms with Crippen LogP contribution in [0.3, 0.4) is 0 Å². The predicted molar refractivity (Wildman–Crippen MR) is 186 cm³/mol. The van der Waals surface area contributed by atoms with Crippen LogP contribution in [0.25, 0.3) is 0 Å². The maximum Gasteiger partial charge on any atom is 0.314 e. The highest BCUT2D eigenvalue weighted by molar-refractivity contribution is 6.76. The Bertz CT molecular complexity index is 1040. The minimum absolute atomic E-state index is 0.0297. The molecule has 1 fully saturated rings. The van der Waals surface area contributed by atoms with Crippen LogP contribution in [0.1, 0.15) is 79.2 Å². The van der Waals surface area contributed by atoms with Crippen LogP contribution in [0.2, 0.25) is 43.8 Å². The average molecular weight is 647 g/mol. The molecule has 44 heavy (non-hydrogen) atoms. The summed E-state index contributed by atoms with van der Waals surface area (Å²) in [5.41, 5.74) is 0.401. The number of rotatable bonds is 17. The predicted octanol–water partition coefficient (Wildman–Crippen LogP) is 8.98. The third-order valence-electron chi connectivity index (χ3n) is 9.45. The summed E-state index contributed by atoms with van der Waals surface area (Å²) in [6.45, 7) is 25.2. The molecule has 2 rings (SSSR count). The molecule has 250 valence electrons. The van der Waals surface area contributed by atoms with Crippen LogP contribution in [-0.4, -0.2) is 59.7 Å². The molecule has 1 aromatic carbocycles. The summed E-state index contributed by atoms with van der Waals surface area (Å²) < 4.78 is 26.1. The highest BCUT2D eigenvalue weighted by Crippen LogP contribution is 2.40. The Morgan fingerprint density at radius 1 is 1.05 bits per heavy atom. The zero-order chi connectivity index (χ0) is 33.2. The lowest BCUT2D eigenvalue weighted by Gasteiger charge is -2.42. The first-order chi connectivity index (χ1) is 20.4. The van der Waals surface area contributed by atoms with Gasteiger partial charge in [0.15, 0.2) is 8.32 Å². The van der Waals surface area contributed by atoms with Crippen molar-refractivity contribution in [2.75, 3.05) is 6.61 Å². The van der Waals surface area contributed by atoms with Gasteiger partial charge in [0.1, 0.15) is 6.29 Å². The first kappa shape index (κ1) is 38.6. The van der Waals surface area contributed by atoms with Gasteiger partial charge in [0.05, 0.1) is 43.0 Å². The lowest BCUT2D eigenvalue weighted by Crippen LogP contribution is -2.47. The lowest BCUT2D eigenvalue weighted by atomic mass is 9.81. The molecular formula is C36H62O6Si2. The molecule has 5 atom stereocenters. The standard InChI is InChI=1S/C36H62O6Si2/c1-28(17-16-22-37)32(42-44(10,11)35(2,3)4)26-31(40-27-29-18-13-12-14-19-29)25-30-20-15-21-33(41-30)36(5,6)34(38)39-23-24-43(7,8)9/h12-14,16-19,22,28,30-33H,15,20-21,23-27H2,1-11H3/b17-16+/t28-,30-,31-,32+,33+/m0/s1. The SMILES string of the molecule is C[C@@H](/C=C/C=O)[C@@H](C[C@H](C[C@@H]1CCC[C@H](C(C)(C)C(=O)OCC[Si](C)(C)C)O1)OCc1ccccc1)O[Si](C)(C)C(C)(C)C. The smallest absolute Gasteiger partial charge is 0.314 e. The van der Waals surface area contributed by atoms with Gasteiger partial charge in [0.2, 0.25) is 0 Å². The van der Waals surface area contributed by atoms with E-state index < -0.39 is 21.8 Å². The van der Waals surface area contributed by atoms with E-state index in [1.165, 1.54) is 0 Å². The lowest BCUT2D eigenvalue weighted by molar-refractivity contribution is -0.173. The van der Waals surface area contributed by atoms with E-state index in [4.69, 9.17) is 18.6 Å². The van der Waals surface area contributed by atoms with Crippen LogP contribution < -0.4 is 0 Å². The van der Waals surface area contributed by atoms with Crippen LogP contribution in [0.4, 0.5) is 0 Å². The van der Waals surface area contributed by atoms with E-state index in [2.05, 4.69) is 72.6 Å². The molecule has 1 aliphatic heterocycles. The molecule has 6 nitrogen and oxygen atoms in total. The number of allylic oxidation sites excluding steroid dienone is 1. The van der Waals surface area contributed by atoms with Crippen molar-refractivity contribution in [3.05, 3.63) is 48.0 Å². The fraction of sp³-hybridized carbons (Fsp3) is 0.722. The minimum Gasteiger partial charge on any atom is -0.466 e. The summed E-state index contributed by atoms with van der Waals surface area (Å²) in [7, 11) is -3.40. The minimum atomic E-state index is -2.11. The van der Waals surface area contributed by atoms with E-state index >= 15 is 0 Å².